The lowest BCUT2D eigenvalue weighted by Gasteiger charge is -2.27. The summed E-state index contributed by atoms with van der Waals surface area (Å²) >= 11 is 0. The molecule has 2 N–H and O–H groups in total. The number of amides is 3. The Morgan fingerprint density at radius 2 is 1.90 bits per heavy atom. The van der Waals surface area contributed by atoms with Crippen LogP contribution in [0.1, 0.15) is 19.3 Å². The largest absolute Gasteiger partial charge is 0.480 e. The maximum absolute atomic E-state index is 11.9. The van der Waals surface area contributed by atoms with E-state index in [-0.39, 0.29) is 19.0 Å². The van der Waals surface area contributed by atoms with Gasteiger partial charge in [-0.1, -0.05) is 6.08 Å². The van der Waals surface area contributed by atoms with E-state index in [0.29, 0.717) is 0 Å². The van der Waals surface area contributed by atoms with Gasteiger partial charge in [0, 0.05) is 19.6 Å². The van der Waals surface area contributed by atoms with E-state index in [2.05, 4.69) is 11.9 Å². The standard InChI is InChI=1S/C13H21N3O4/c1-2-6-16(10-12(18)19)13(20)14-9-11(17)15-7-4-3-5-8-15/h2H,1,3-10H2,(H,14,20)(H,18,19). The van der Waals surface area contributed by atoms with Crippen LogP contribution in [0.2, 0.25) is 0 Å². The van der Waals surface area contributed by atoms with Crippen molar-refractivity contribution in [3.05, 3.63) is 12.7 Å². The molecule has 0 aromatic carbocycles. The Hall–Kier alpha value is -2.05. The van der Waals surface area contributed by atoms with E-state index in [1.165, 1.54) is 6.08 Å². The van der Waals surface area contributed by atoms with Crippen molar-refractivity contribution in [2.24, 2.45) is 0 Å². The number of carboxylic acids is 1. The Morgan fingerprint density at radius 1 is 1.25 bits per heavy atom. The summed E-state index contributed by atoms with van der Waals surface area (Å²) < 4.78 is 0. The molecule has 0 aromatic heterocycles. The second-order valence-corrected chi connectivity index (χ2v) is 4.66. The Kier molecular flexibility index (Phi) is 6.55. The van der Waals surface area contributed by atoms with Gasteiger partial charge in [-0.2, -0.15) is 0 Å². The van der Waals surface area contributed by atoms with Crippen molar-refractivity contribution < 1.29 is 19.5 Å². The van der Waals surface area contributed by atoms with E-state index in [9.17, 15) is 14.4 Å². The molecule has 112 valence electrons. The molecule has 0 unspecified atom stereocenters. The zero-order chi connectivity index (χ0) is 15.0. The van der Waals surface area contributed by atoms with Crippen LogP contribution in [-0.4, -0.2) is 65.5 Å². The third-order valence-corrected chi connectivity index (χ3v) is 3.06. The van der Waals surface area contributed by atoms with Gasteiger partial charge in [0.05, 0.1) is 6.54 Å². The first-order chi connectivity index (χ1) is 9.54. The van der Waals surface area contributed by atoms with Gasteiger partial charge in [-0.25, -0.2) is 4.79 Å². The second kappa shape index (κ2) is 8.19. The zero-order valence-corrected chi connectivity index (χ0v) is 11.5. The fraction of sp³-hybridized carbons (Fsp3) is 0.615. The SMILES string of the molecule is C=CCN(CC(=O)O)C(=O)NCC(=O)N1CCCCC1. The molecule has 1 saturated heterocycles. The van der Waals surface area contributed by atoms with Gasteiger partial charge in [0.2, 0.25) is 5.91 Å². The summed E-state index contributed by atoms with van der Waals surface area (Å²) in [7, 11) is 0. The summed E-state index contributed by atoms with van der Waals surface area (Å²) in [5.41, 5.74) is 0. The molecule has 1 fully saturated rings. The van der Waals surface area contributed by atoms with Gasteiger partial charge in [0.15, 0.2) is 0 Å². The molecule has 1 rings (SSSR count). The highest BCUT2D eigenvalue weighted by molar-refractivity contribution is 5.85. The fourth-order valence-corrected chi connectivity index (χ4v) is 2.06. The monoisotopic (exact) mass is 283 g/mol. The summed E-state index contributed by atoms with van der Waals surface area (Å²) in [6.45, 7) is 4.51. The van der Waals surface area contributed by atoms with Crippen LogP contribution in [0.5, 0.6) is 0 Å². The predicted molar refractivity (Wildman–Crippen MR) is 73.2 cm³/mol. The molecule has 0 spiro atoms. The zero-order valence-electron chi connectivity index (χ0n) is 11.5. The second-order valence-electron chi connectivity index (χ2n) is 4.66. The van der Waals surface area contributed by atoms with Gasteiger partial charge in [-0.3, -0.25) is 9.59 Å². The van der Waals surface area contributed by atoms with Crippen molar-refractivity contribution in [2.45, 2.75) is 19.3 Å². The highest BCUT2D eigenvalue weighted by atomic mass is 16.4. The minimum absolute atomic E-state index is 0.105. The maximum Gasteiger partial charge on any atom is 0.323 e. The van der Waals surface area contributed by atoms with Gasteiger partial charge >= 0.3 is 12.0 Å². The van der Waals surface area contributed by atoms with Crippen molar-refractivity contribution in [2.75, 3.05) is 32.7 Å². The first-order valence-corrected chi connectivity index (χ1v) is 6.68. The first kappa shape index (κ1) is 16.0. The lowest BCUT2D eigenvalue weighted by atomic mass is 10.1. The Morgan fingerprint density at radius 3 is 2.45 bits per heavy atom. The highest BCUT2D eigenvalue weighted by Crippen LogP contribution is 2.08. The van der Waals surface area contributed by atoms with Gasteiger partial charge < -0.3 is 20.2 Å². The smallest absolute Gasteiger partial charge is 0.323 e. The number of carboxylic acid groups (broad SMARTS) is 1. The van der Waals surface area contributed by atoms with E-state index in [0.717, 1.165) is 37.3 Å². The van der Waals surface area contributed by atoms with Crippen LogP contribution in [0.4, 0.5) is 4.79 Å². The molecule has 0 aliphatic carbocycles. The number of hydrogen-bond acceptors (Lipinski definition) is 3. The molecular formula is C13H21N3O4. The van der Waals surface area contributed by atoms with Crippen molar-refractivity contribution in [1.82, 2.24) is 15.1 Å². The van der Waals surface area contributed by atoms with Crippen molar-refractivity contribution >= 4 is 17.9 Å². The molecule has 3 amide bonds. The molecule has 7 heteroatoms. The molecule has 7 nitrogen and oxygen atoms in total. The topological polar surface area (TPSA) is 90.0 Å². The fourth-order valence-electron chi connectivity index (χ4n) is 2.06. The number of likely N-dealkylation sites (tertiary alicyclic amines) is 1. The van der Waals surface area contributed by atoms with Crippen LogP contribution >= 0.6 is 0 Å². The number of nitrogens with one attached hydrogen (secondary N) is 1. The Balaban J connectivity index is 2.40. The van der Waals surface area contributed by atoms with Gasteiger partial charge in [0.25, 0.3) is 0 Å². The van der Waals surface area contributed by atoms with Crippen molar-refractivity contribution in [1.29, 1.82) is 0 Å². The van der Waals surface area contributed by atoms with E-state index >= 15 is 0 Å². The maximum atomic E-state index is 11.9. The summed E-state index contributed by atoms with van der Waals surface area (Å²) in [6, 6.07) is -0.572. The first-order valence-electron chi connectivity index (χ1n) is 6.68. The van der Waals surface area contributed by atoms with Crippen LogP contribution < -0.4 is 5.32 Å². The summed E-state index contributed by atoms with van der Waals surface area (Å²) in [6.07, 6.45) is 4.54. The molecule has 0 atom stereocenters. The van der Waals surface area contributed by atoms with Gasteiger partial charge in [0.1, 0.15) is 6.54 Å². The number of piperidine rings is 1. The quantitative estimate of drug-likeness (QED) is 0.685. The molecule has 0 saturated carbocycles. The van der Waals surface area contributed by atoms with Crippen LogP contribution in [0, 0.1) is 0 Å². The van der Waals surface area contributed by atoms with Gasteiger partial charge in [-0.15, -0.1) is 6.58 Å². The van der Waals surface area contributed by atoms with Crippen LogP contribution in [0.15, 0.2) is 12.7 Å². The minimum atomic E-state index is -1.11. The molecule has 1 aliphatic rings. The summed E-state index contributed by atoms with van der Waals surface area (Å²) in [5, 5.41) is 11.2. The molecule has 0 radical (unpaired) electrons. The average Bonchev–Trinajstić information content (AvgIpc) is 2.44. The van der Waals surface area contributed by atoms with E-state index in [4.69, 9.17) is 5.11 Å². The predicted octanol–water partition coefficient (Wildman–Crippen LogP) is 0.281. The van der Waals surface area contributed by atoms with Crippen LogP contribution in [-0.2, 0) is 9.59 Å². The molecule has 1 aliphatic heterocycles. The number of carbonyl (C=O) groups excluding carboxylic acids is 2. The van der Waals surface area contributed by atoms with Crippen molar-refractivity contribution in [3.63, 3.8) is 0 Å². The number of urea groups is 1. The van der Waals surface area contributed by atoms with Crippen molar-refractivity contribution in [3.8, 4) is 0 Å². The number of nitrogens with zero attached hydrogens (tertiary/aromatic N) is 2. The Bertz CT molecular complexity index is 378. The summed E-state index contributed by atoms with van der Waals surface area (Å²) in [4.78, 5) is 37.1. The van der Waals surface area contributed by atoms with Crippen LogP contribution in [0.25, 0.3) is 0 Å². The van der Waals surface area contributed by atoms with Crippen LogP contribution in [0.3, 0.4) is 0 Å². The number of aliphatic carboxylic acids is 1. The normalized spacial score (nSPS) is 14.5. The number of hydrogen-bond donors (Lipinski definition) is 2. The summed E-state index contributed by atoms with van der Waals surface area (Å²) in [5.74, 6) is -1.24. The molecule has 1 heterocycles. The third kappa shape index (κ3) is 5.29. The van der Waals surface area contributed by atoms with Gasteiger partial charge in [-0.05, 0) is 19.3 Å². The molecule has 20 heavy (non-hydrogen) atoms. The van der Waals surface area contributed by atoms with E-state index < -0.39 is 18.5 Å². The molecular weight excluding hydrogens is 262 g/mol. The Labute approximate surface area is 118 Å². The highest BCUT2D eigenvalue weighted by Gasteiger charge is 2.19. The lowest BCUT2D eigenvalue weighted by Crippen LogP contribution is -2.47. The minimum Gasteiger partial charge on any atom is -0.480 e. The number of carbonyl (C=O) groups is 3. The number of rotatable bonds is 6. The van der Waals surface area contributed by atoms with E-state index in [1.54, 1.807) is 4.90 Å². The lowest BCUT2D eigenvalue weighted by molar-refractivity contribution is -0.137. The molecule has 0 bridgehead atoms. The van der Waals surface area contributed by atoms with E-state index in [1.807, 2.05) is 0 Å². The average molecular weight is 283 g/mol. The third-order valence-electron chi connectivity index (χ3n) is 3.06. The molecule has 0 aromatic rings.